The third-order valence-electron chi connectivity index (χ3n) is 6.09. The minimum Gasteiger partial charge on any atom is -0.492 e. The molecule has 0 saturated heterocycles. The van der Waals surface area contributed by atoms with Gasteiger partial charge in [-0.1, -0.05) is 66.7 Å². The van der Waals surface area contributed by atoms with Crippen molar-refractivity contribution < 1.29 is 14.6 Å². The number of likely N-dealkylation sites (N-methyl/N-ethyl adjacent to an activating group) is 1. The molecule has 0 saturated carbocycles. The molecule has 1 heterocycles. The lowest BCUT2D eigenvalue weighted by Crippen LogP contribution is -2.32. The van der Waals surface area contributed by atoms with Crippen molar-refractivity contribution in [3.8, 4) is 5.75 Å². The molecule has 0 radical (unpaired) electrons. The zero-order valence-corrected chi connectivity index (χ0v) is 21.2. The van der Waals surface area contributed by atoms with Crippen LogP contribution in [0, 0.1) is 0 Å². The molecule has 8 nitrogen and oxygen atoms in total. The van der Waals surface area contributed by atoms with Gasteiger partial charge in [0.2, 0.25) is 0 Å². The molecule has 1 aromatic heterocycles. The van der Waals surface area contributed by atoms with Crippen molar-refractivity contribution in [2.24, 2.45) is 10.9 Å². The zero-order valence-electron chi connectivity index (χ0n) is 21.2. The number of benzene rings is 3. The van der Waals surface area contributed by atoms with Crippen LogP contribution in [0.25, 0.3) is 0 Å². The van der Waals surface area contributed by atoms with Crippen LogP contribution in [0.2, 0.25) is 0 Å². The summed E-state index contributed by atoms with van der Waals surface area (Å²) in [6.45, 7) is 1.18. The minimum atomic E-state index is -0.955. The van der Waals surface area contributed by atoms with E-state index in [1.54, 1.807) is 6.20 Å². The van der Waals surface area contributed by atoms with E-state index >= 15 is 0 Å². The predicted octanol–water partition coefficient (Wildman–Crippen LogP) is 4.42. The lowest BCUT2D eigenvalue weighted by atomic mass is 9.99. The highest BCUT2D eigenvalue weighted by atomic mass is 16.5. The van der Waals surface area contributed by atoms with Gasteiger partial charge in [0.25, 0.3) is 0 Å². The molecule has 0 aliphatic heterocycles. The van der Waals surface area contributed by atoms with E-state index in [-0.39, 0.29) is 6.42 Å². The van der Waals surface area contributed by atoms with Gasteiger partial charge in [-0.2, -0.15) is 5.10 Å². The van der Waals surface area contributed by atoms with Crippen molar-refractivity contribution in [2.75, 3.05) is 30.4 Å². The number of pyridine rings is 1. The molecule has 4 N–H and O–H groups in total. The number of ether oxygens (including phenoxy) is 1. The first-order valence-corrected chi connectivity index (χ1v) is 12.3. The summed E-state index contributed by atoms with van der Waals surface area (Å²) >= 11 is 0. The number of nitrogens with zero attached hydrogens (tertiary/aromatic N) is 3. The first kappa shape index (κ1) is 26.2. The number of aliphatic carboxylic acids is 1. The van der Waals surface area contributed by atoms with Gasteiger partial charge in [0, 0.05) is 36.5 Å². The second-order valence-electron chi connectivity index (χ2n) is 8.73. The molecule has 38 heavy (non-hydrogen) atoms. The Morgan fingerprint density at radius 2 is 1.71 bits per heavy atom. The number of para-hydroxylation sites is 1. The molecule has 0 spiro atoms. The number of hydrazone groups is 1. The maximum absolute atomic E-state index is 12.2. The molecule has 0 amide bonds. The van der Waals surface area contributed by atoms with Crippen LogP contribution in [-0.4, -0.2) is 48.0 Å². The number of anilines is 2. The fourth-order valence-corrected chi connectivity index (χ4v) is 4.05. The highest BCUT2D eigenvalue weighted by molar-refractivity contribution is 6.15. The molecular formula is C30H31N5O3. The van der Waals surface area contributed by atoms with Crippen molar-refractivity contribution in [1.82, 2.24) is 4.98 Å². The number of carbonyl (C=O) groups is 1. The molecule has 0 bridgehead atoms. The van der Waals surface area contributed by atoms with Gasteiger partial charge in [-0.25, -0.2) is 9.78 Å². The summed E-state index contributed by atoms with van der Waals surface area (Å²) < 4.78 is 5.87. The Labute approximate surface area is 222 Å². The molecule has 4 aromatic rings. The van der Waals surface area contributed by atoms with Crippen LogP contribution >= 0.6 is 0 Å². The summed E-state index contributed by atoms with van der Waals surface area (Å²) in [6.07, 6.45) is 2.05. The number of nitrogens with two attached hydrogens (primary N) is 1. The summed E-state index contributed by atoms with van der Waals surface area (Å²) in [5.41, 5.74) is 3.67. The van der Waals surface area contributed by atoms with E-state index in [9.17, 15) is 9.90 Å². The number of carboxylic acids is 1. The number of carboxylic acid groups (broad SMARTS) is 1. The van der Waals surface area contributed by atoms with Crippen molar-refractivity contribution in [1.29, 1.82) is 0 Å². The number of hydrogen-bond donors (Lipinski definition) is 3. The van der Waals surface area contributed by atoms with Crippen LogP contribution in [0.3, 0.4) is 0 Å². The maximum atomic E-state index is 12.2. The van der Waals surface area contributed by atoms with Gasteiger partial charge in [-0.05, 0) is 35.9 Å². The second-order valence-corrected chi connectivity index (χ2v) is 8.73. The summed E-state index contributed by atoms with van der Waals surface area (Å²) in [7, 11) is 1.97. The molecule has 194 valence electrons. The molecule has 0 aliphatic carbocycles. The molecule has 4 rings (SSSR count). The first-order valence-electron chi connectivity index (χ1n) is 12.3. The van der Waals surface area contributed by atoms with Crippen molar-refractivity contribution >= 4 is 23.2 Å². The highest BCUT2D eigenvalue weighted by Crippen LogP contribution is 2.22. The molecule has 0 fully saturated rings. The second kappa shape index (κ2) is 12.9. The highest BCUT2D eigenvalue weighted by Gasteiger charge is 2.21. The van der Waals surface area contributed by atoms with Crippen LogP contribution in [0.5, 0.6) is 5.75 Å². The number of hydrogen-bond acceptors (Lipinski definition) is 7. The van der Waals surface area contributed by atoms with Crippen molar-refractivity contribution in [3.05, 3.63) is 120 Å². The minimum absolute atomic E-state index is 0.285. The van der Waals surface area contributed by atoms with Crippen LogP contribution in [0.1, 0.15) is 16.7 Å². The molecular weight excluding hydrogens is 478 g/mol. The van der Waals surface area contributed by atoms with E-state index in [0.29, 0.717) is 24.6 Å². The Bertz CT molecular complexity index is 1350. The van der Waals surface area contributed by atoms with Gasteiger partial charge in [-0.15, -0.1) is 0 Å². The first-order chi connectivity index (χ1) is 18.5. The third-order valence-corrected chi connectivity index (χ3v) is 6.09. The Balaban J connectivity index is 1.39. The fraction of sp³-hybridized carbons (Fsp3) is 0.167. The maximum Gasteiger partial charge on any atom is 0.326 e. The summed E-state index contributed by atoms with van der Waals surface area (Å²) in [6, 6.07) is 29.4. The lowest BCUT2D eigenvalue weighted by molar-refractivity contribution is -0.137. The fourth-order valence-electron chi connectivity index (χ4n) is 4.05. The van der Waals surface area contributed by atoms with E-state index < -0.39 is 12.0 Å². The van der Waals surface area contributed by atoms with Crippen LogP contribution < -0.4 is 20.8 Å². The number of rotatable bonds is 12. The number of nitrogens with one attached hydrogen (secondary N) is 1. The quantitative estimate of drug-likeness (QED) is 0.147. The van der Waals surface area contributed by atoms with E-state index in [4.69, 9.17) is 10.6 Å². The molecule has 1 atom stereocenters. The van der Waals surface area contributed by atoms with Gasteiger partial charge >= 0.3 is 5.97 Å². The van der Waals surface area contributed by atoms with Crippen LogP contribution in [0.15, 0.2) is 108 Å². The van der Waals surface area contributed by atoms with Crippen LogP contribution in [-0.2, 0) is 11.2 Å². The van der Waals surface area contributed by atoms with Gasteiger partial charge in [-0.3, -0.25) is 0 Å². The van der Waals surface area contributed by atoms with Gasteiger partial charge < -0.3 is 25.9 Å². The Morgan fingerprint density at radius 3 is 2.39 bits per heavy atom. The zero-order chi connectivity index (χ0) is 26.7. The summed E-state index contributed by atoms with van der Waals surface area (Å²) in [5.74, 6) is 6.39. The predicted molar refractivity (Wildman–Crippen MR) is 151 cm³/mol. The Hall–Kier alpha value is -4.85. The molecule has 3 aromatic carbocycles. The molecule has 1 unspecified atom stereocenters. The van der Waals surface area contributed by atoms with Gasteiger partial charge in [0.15, 0.2) is 0 Å². The van der Waals surface area contributed by atoms with Crippen LogP contribution in [0.4, 0.5) is 11.5 Å². The van der Waals surface area contributed by atoms with Crippen molar-refractivity contribution in [3.63, 3.8) is 0 Å². The largest absolute Gasteiger partial charge is 0.492 e. The Morgan fingerprint density at radius 1 is 1.00 bits per heavy atom. The molecule has 8 heteroatoms. The van der Waals surface area contributed by atoms with Gasteiger partial charge in [0.1, 0.15) is 24.2 Å². The Kier molecular flexibility index (Phi) is 8.91. The van der Waals surface area contributed by atoms with E-state index in [2.05, 4.69) is 15.4 Å². The summed E-state index contributed by atoms with van der Waals surface area (Å²) in [4.78, 5) is 18.5. The normalized spacial score (nSPS) is 12.0. The number of aromatic nitrogens is 1. The average Bonchev–Trinajstić information content (AvgIpc) is 2.96. The smallest absolute Gasteiger partial charge is 0.326 e. The SMILES string of the molecule is CN(CCOc1ccc(CC(Nc2ccccc2/C(=N/N)c2ccccc2)C(=O)O)cc1)c1ccccn1. The molecule has 0 aliphatic rings. The van der Waals surface area contributed by atoms with E-state index in [0.717, 1.165) is 28.3 Å². The van der Waals surface area contributed by atoms with E-state index in [1.807, 2.05) is 109 Å². The van der Waals surface area contributed by atoms with Gasteiger partial charge in [0.05, 0.1) is 12.3 Å². The average molecular weight is 510 g/mol. The monoisotopic (exact) mass is 509 g/mol. The topological polar surface area (TPSA) is 113 Å². The standard InChI is InChI=1S/C30H31N5O3/c1-35(28-13-7-8-18-32-28)19-20-38-24-16-14-22(15-17-24)21-27(30(36)37)33-26-12-6-5-11-25(26)29(34-31)23-9-3-2-4-10-23/h2-18,27,33H,19-21,31H2,1H3,(H,36,37)/b34-29+. The summed E-state index contributed by atoms with van der Waals surface area (Å²) in [5, 5.41) is 17.1. The lowest BCUT2D eigenvalue weighted by Gasteiger charge is -2.20. The van der Waals surface area contributed by atoms with Crippen molar-refractivity contribution in [2.45, 2.75) is 12.5 Å². The van der Waals surface area contributed by atoms with E-state index in [1.165, 1.54) is 0 Å². The third kappa shape index (κ3) is 6.88.